The number of halogens is 3. The second-order valence-corrected chi connectivity index (χ2v) is 11.6. The maximum Gasteiger partial charge on any atom is 0.276 e. The van der Waals surface area contributed by atoms with Crippen molar-refractivity contribution < 1.29 is 22.7 Å². The second kappa shape index (κ2) is 11.1. The molecular formula is C28H28B3F3N5O2P. The number of likely N-dealkylation sites (tertiary alicyclic amines) is 1. The molecule has 0 spiro atoms. The summed E-state index contributed by atoms with van der Waals surface area (Å²) in [5, 5.41) is 4.22. The van der Waals surface area contributed by atoms with E-state index in [0.29, 0.717) is 40.0 Å². The van der Waals surface area contributed by atoms with Gasteiger partial charge in [-0.25, -0.2) is 13.2 Å². The van der Waals surface area contributed by atoms with Crippen molar-refractivity contribution >= 4 is 61.0 Å². The van der Waals surface area contributed by atoms with Gasteiger partial charge in [-0.1, -0.05) is 21.2 Å². The number of carbonyl (C=O) groups excluding carboxylic acids is 1. The number of hydrogen-bond acceptors (Lipinski definition) is 5. The van der Waals surface area contributed by atoms with Gasteiger partial charge < -0.3 is 29.7 Å². The minimum atomic E-state index is -3.09. The summed E-state index contributed by atoms with van der Waals surface area (Å²) in [5.74, 6) is 4.21. The minimum absolute atomic E-state index is 0.0716. The van der Waals surface area contributed by atoms with Gasteiger partial charge in [0.15, 0.2) is 0 Å². The molecule has 14 heteroatoms. The summed E-state index contributed by atoms with van der Waals surface area (Å²) in [5.41, 5.74) is -0.837. The number of carbonyl (C=O) groups is 1. The summed E-state index contributed by atoms with van der Waals surface area (Å²) in [6, 6.07) is 11.4. The van der Waals surface area contributed by atoms with Gasteiger partial charge in [0.2, 0.25) is 5.79 Å². The van der Waals surface area contributed by atoms with Gasteiger partial charge in [-0.15, -0.1) is 0 Å². The molecule has 0 bridgehead atoms. The molecule has 42 heavy (non-hydrogen) atoms. The summed E-state index contributed by atoms with van der Waals surface area (Å²) in [7, 11) is 21.7. The Kier molecular flexibility index (Phi) is 8.01. The van der Waals surface area contributed by atoms with E-state index in [1.807, 2.05) is 18.0 Å². The lowest BCUT2D eigenvalue weighted by Crippen LogP contribution is -2.37. The molecule has 2 aromatic carbocycles. The number of benzene rings is 2. The first-order valence-corrected chi connectivity index (χ1v) is 13.9. The molecule has 0 saturated carbocycles. The number of aromatic nitrogens is 1. The van der Waals surface area contributed by atoms with Crippen molar-refractivity contribution in [2.45, 2.75) is 35.8 Å². The smallest absolute Gasteiger partial charge is 0.276 e. The van der Waals surface area contributed by atoms with E-state index < -0.39 is 23.3 Å². The molecule has 2 aliphatic rings. The van der Waals surface area contributed by atoms with Gasteiger partial charge in [0.05, 0.1) is 42.6 Å². The Labute approximate surface area is 249 Å². The number of nitrogens with zero attached hydrogens (tertiary/aromatic N) is 3. The lowest BCUT2D eigenvalue weighted by molar-refractivity contribution is 0.0851. The highest BCUT2D eigenvalue weighted by molar-refractivity contribution is 7.18. The first-order valence-electron chi connectivity index (χ1n) is 13.3. The molecule has 3 aromatic rings. The Morgan fingerprint density at radius 2 is 2.00 bits per heavy atom. The van der Waals surface area contributed by atoms with Crippen molar-refractivity contribution in [2.75, 3.05) is 43.9 Å². The molecule has 6 radical (unpaired) electrons. The van der Waals surface area contributed by atoms with Crippen molar-refractivity contribution in [1.82, 2.24) is 14.8 Å². The topological polar surface area (TPSA) is 61.5 Å². The molecular weight excluding hydrogens is 559 g/mol. The van der Waals surface area contributed by atoms with E-state index in [1.54, 1.807) is 44.5 Å². The van der Waals surface area contributed by atoms with Gasteiger partial charge in [0.25, 0.3) is 11.6 Å². The number of amides is 1. The van der Waals surface area contributed by atoms with Crippen molar-refractivity contribution in [2.24, 2.45) is 0 Å². The Morgan fingerprint density at radius 3 is 2.67 bits per heavy atom. The number of likely N-dealkylation sites (N-methyl/N-ethyl adjacent to an activating group) is 1. The number of alkyl halides is 3. The number of rotatable bonds is 8. The highest BCUT2D eigenvalue weighted by atomic mass is 31.0. The Hall–Kier alpha value is -3.22. The van der Waals surface area contributed by atoms with E-state index in [-0.39, 0.29) is 30.8 Å². The van der Waals surface area contributed by atoms with Crippen LogP contribution in [0.15, 0.2) is 42.5 Å². The molecule has 2 saturated heterocycles. The van der Waals surface area contributed by atoms with E-state index in [9.17, 15) is 13.6 Å². The molecule has 7 nitrogen and oxygen atoms in total. The molecule has 5 rings (SSSR count). The van der Waals surface area contributed by atoms with Crippen LogP contribution in [0.2, 0.25) is 0 Å². The predicted molar refractivity (Wildman–Crippen MR) is 165 cm³/mol. The number of ether oxygens (including phenoxy) is 1. The summed E-state index contributed by atoms with van der Waals surface area (Å²) < 4.78 is 51.1. The summed E-state index contributed by atoms with van der Waals surface area (Å²) in [6.07, 6.45) is 0.682. The average molecular weight is 587 g/mol. The number of nitrogens with one attached hydrogen (secondary N) is 2. The van der Waals surface area contributed by atoms with Crippen LogP contribution in [0.5, 0.6) is 5.75 Å². The normalized spacial score (nSPS) is 20.4. The summed E-state index contributed by atoms with van der Waals surface area (Å²) in [6.45, 7) is 0.519. The first kappa shape index (κ1) is 30.2. The molecule has 3 atom stereocenters. The molecule has 3 heterocycles. The van der Waals surface area contributed by atoms with Crippen LogP contribution < -0.4 is 20.3 Å². The molecule has 1 unspecified atom stereocenters. The highest BCUT2D eigenvalue weighted by Crippen LogP contribution is 2.52. The predicted octanol–water partition coefficient (Wildman–Crippen LogP) is 2.62. The average Bonchev–Trinajstić information content (AvgIpc) is 3.36. The van der Waals surface area contributed by atoms with Crippen molar-refractivity contribution in [3.05, 3.63) is 53.7 Å². The van der Waals surface area contributed by atoms with Crippen LogP contribution in [0.25, 0.3) is 10.9 Å². The van der Waals surface area contributed by atoms with Gasteiger partial charge in [-0.05, 0) is 61.1 Å². The van der Waals surface area contributed by atoms with Gasteiger partial charge in [0, 0.05) is 30.2 Å². The third-order valence-electron chi connectivity index (χ3n) is 7.32. The molecule has 2 fully saturated rings. The standard InChI is InChI=1S/C28H28B3F3N5O2P/c1-35-25(40)17-8-9-20(23(13-17)41-28(29,30)31)36-11-4-5-18-14-19-21(38(18)16-27(33,34)42)6-3-7-22(19)39-24-10-12-37(2)15-26(24,39)32/h3,6-9,13-14,24,36H,10-12,15-16,42H2,1-2H3,(H,35,40)/t24-,26-,39?/m1/s1. The second-order valence-electron chi connectivity index (χ2n) is 10.7. The maximum absolute atomic E-state index is 15.7. The number of fused-ring (bicyclic) bond motifs is 2. The highest BCUT2D eigenvalue weighted by Gasteiger charge is 2.66. The van der Waals surface area contributed by atoms with E-state index in [2.05, 4.69) is 22.5 Å². The number of piperidine rings is 1. The van der Waals surface area contributed by atoms with Gasteiger partial charge in [-0.2, -0.15) is 0 Å². The third kappa shape index (κ3) is 6.25. The quantitative estimate of drug-likeness (QED) is 0.140. The summed E-state index contributed by atoms with van der Waals surface area (Å²) in [4.78, 5) is 15.8. The van der Waals surface area contributed by atoms with Crippen LogP contribution in [0.4, 0.5) is 24.5 Å². The van der Waals surface area contributed by atoms with Gasteiger partial charge in [0.1, 0.15) is 29.3 Å². The lowest BCUT2D eigenvalue weighted by atomic mass is 9.52. The fourth-order valence-corrected chi connectivity index (χ4v) is 5.72. The summed E-state index contributed by atoms with van der Waals surface area (Å²) >= 11 is 0. The number of hydrogen-bond donors (Lipinski definition) is 2. The lowest BCUT2D eigenvalue weighted by Gasteiger charge is -2.25. The first-order chi connectivity index (χ1) is 19.7. The van der Waals surface area contributed by atoms with Crippen LogP contribution >= 0.6 is 9.24 Å². The molecule has 1 amide bonds. The van der Waals surface area contributed by atoms with Crippen LogP contribution in [-0.4, -0.2) is 95.4 Å². The van der Waals surface area contributed by atoms with Crippen molar-refractivity contribution in [1.29, 1.82) is 0 Å². The Bertz CT molecular complexity index is 1580. The Balaban J connectivity index is 1.44. The van der Waals surface area contributed by atoms with E-state index in [0.717, 1.165) is 6.54 Å². The zero-order valence-electron chi connectivity index (χ0n) is 23.3. The van der Waals surface area contributed by atoms with E-state index in [1.165, 1.54) is 17.7 Å². The van der Waals surface area contributed by atoms with Crippen molar-refractivity contribution in [3.63, 3.8) is 0 Å². The molecule has 1 aromatic heterocycles. The van der Waals surface area contributed by atoms with Crippen LogP contribution in [-0.2, 0) is 6.54 Å². The largest absolute Gasteiger partial charge is 0.514 e. The fourth-order valence-electron chi connectivity index (χ4n) is 5.53. The fraction of sp³-hybridized carbons (Fsp3) is 0.393. The molecule has 2 N–H and O–H groups in total. The molecule has 212 valence electrons. The third-order valence-corrected chi connectivity index (χ3v) is 7.51. The van der Waals surface area contributed by atoms with E-state index >= 15 is 4.39 Å². The zero-order valence-corrected chi connectivity index (χ0v) is 24.4. The Morgan fingerprint density at radius 1 is 1.24 bits per heavy atom. The van der Waals surface area contributed by atoms with Gasteiger partial charge >= 0.3 is 0 Å². The van der Waals surface area contributed by atoms with Crippen LogP contribution in [0.3, 0.4) is 0 Å². The maximum atomic E-state index is 15.7. The minimum Gasteiger partial charge on any atom is -0.514 e. The van der Waals surface area contributed by atoms with Crippen molar-refractivity contribution in [3.8, 4) is 17.6 Å². The SMILES string of the molecule is [B]C([B])([B])Oc1cc(C(=O)NC)ccc1NCC#Cc1cc2c(N3[C@@H]4CCN(C)C[C@]43F)cccc2n1CC(F)(F)P. The van der Waals surface area contributed by atoms with Gasteiger partial charge in [-0.3, -0.25) is 4.79 Å². The van der Waals surface area contributed by atoms with Crippen LogP contribution in [0, 0.1) is 11.8 Å². The monoisotopic (exact) mass is 587 g/mol. The molecule has 2 aliphatic heterocycles. The number of anilines is 2. The van der Waals surface area contributed by atoms with Crippen LogP contribution in [0.1, 0.15) is 22.5 Å². The van der Waals surface area contributed by atoms with E-state index in [4.69, 9.17) is 28.3 Å². The molecule has 0 aliphatic carbocycles. The zero-order chi connectivity index (χ0) is 30.4.